The fourth-order valence-corrected chi connectivity index (χ4v) is 3.16. The molecule has 0 spiro atoms. The van der Waals surface area contributed by atoms with E-state index >= 15 is 0 Å². The fourth-order valence-electron chi connectivity index (χ4n) is 2.61. The molecular weight excluding hydrogens is 281 g/mol. The molecule has 1 aliphatic rings. The van der Waals surface area contributed by atoms with E-state index in [0.717, 1.165) is 42.5 Å². The number of alkyl halides is 1. The molecule has 0 saturated heterocycles. The lowest BCUT2D eigenvalue weighted by Gasteiger charge is -2.37. The standard InChI is InChI=1S/C14H23Cl2N3/c1-3-12-14(16)13(19(4-2)17-12)10-18(9-8-15)11-6-5-7-11/h11H,3-10H2,1-2H3. The van der Waals surface area contributed by atoms with E-state index < -0.39 is 0 Å². The van der Waals surface area contributed by atoms with Gasteiger partial charge in [-0.2, -0.15) is 5.10 Å². The van der Waals surface area contributed by atoms with Crippen LogP contribution >= 0.6 is 23.2 Å². The number of halogens is 2. The van der Waals surface area contributed by atoms with Crippen LogP contribution in [0.15, 0.2) is 0 Å². The van der Waals surface area contributed by atoms with E-state index in [9.17, 15) is 0 Å². The van der Waals surface area contributed by atoms with Crippen molar-refractivity contribution in [2.75, 3.05) is 12.4 Å². The fraction of sp³-hybridized carbons (Fsp3) is 0.786. The zero-order chi connectivity index (χ0) is 13.8. The predicted octanol–water partition coefficient (Wildman–Crippen LogP) is 3.71. The minimum absolute atomic E-state index is 0.676. The van der Waals surface area contributed by atoms with E-state index in [2.05, 4.69) is 23.8 Å². The maximum absolute atomic E-state index is 6.48. The van der Waals surface area contributed by atoms with Gasteiger partial charge in [0.2, 0.25) is 0 Å². The van der Waals surface area contributed by atoms with Crippen molar-refractivity contribution in [3.63, 3.8) is 0 Å². The van der Waals surface area contributed by atoms with Crippen LogP contribution in [0.5, 0.6) is 0 Å². The van der Waals surface area contributed by atoms with E-state index in [4.69, 9.17) is 23.2 Å². The number of hydrogen-bond donors (Lipinski definition) is 0. The summed E-state index contributed by atoms with van der Waals surface area (Å²) in [7, 11) is 0. The molecular formula is C14H23Cl2N3. The first kappa shape index (κ1) is 15.1. The number of aromatic nitrogens is 2. The van der Waals surface area contributed by atoms with E-state index in [1.165, 1.54) is 19.3 Å². The van der Waals surface area contributed by atoms with Crippen molar-refractivity contribution in [1.82, 2.24) is 14.7 Å². The monoisotopic (exact) mass is 303 g/mol. The maximum Gasteiger partial charge on any atom is 0.0863 e. The molecule has 1 aliphatic carbocycles. The summed E-state index contributed by atoms with van der Waals surface area (Å²) in [6.07, 6.45) is 4.80. The number of aryl methyl sites for hydroxylation is 2. The lowest BCUT2D eigenvalue weighted by Crippen LogP contribution is -2.41. The molecule has 0 bridgehead atoms. The molecule has 19 heavy (non-hydrogen) atoms. The molecule has 5 heteroatoms. The van der Waals surface area contributed by atoms with Crippen molar-refractivity contribution in [2.24, 2.45) is 0 Å². The molecule has 3 nitrogen and oxygen atoms in total. The van der Waals surface area contributed by atoms with Gasteiger partial charge in [-0.3, -0.25) is 9.58 Å². The Kier molecular flexibility index (Phi) is 5.55. The first-order valence-electron chi connectivity index (χ1n) is 7.25. The van der Waals surface area contributed by atoms with Crippen LogP contribution in [0.25, 0.3) is 0 Å². The predicted molar refractivity (Wildman–Crippen MR) is 81.1 cm³/mol. The summed E-state index contributed by atoms with van der Waals surface area (Å²) in [4.78, 5) is 2.46. The molecule has 0 radical (unpaired) electrons. The van der Waals surface area contributed by atoms with Crippen LogP contribution in [0, 0.1) is 0 Å². The summed E-state index contributed by atoms with van der Waals surface area (Å²) in [5.41, 5.74) is 2.16. The van der Waals surface area contributed by atoms with Crippen molar-refractivity contribution < 1.29 is 0 Å². The van der Waals surface area contributed by atoms with E-state index in [1.54, 1.807) is 0 Å². The second-order valence-electron chi connectivity index (χ2n) is 5.12. The van der Waals surface area contributed by atoms with Crippen LogP contribution < -0.4 is 0 Å². The van der Waals surface area contributed by atoms with Crippen LogP contribution in [0.1, 0.15) is 44.5 Å². The molecule has 0 N–H and O–H groups in total. The average molecular weight is 304 g/mol. The van der Waals surface area contributed by atoms with Crippen LogP contribution in [-0.4, -0.2) is 33.1 Å². The van der Waals surface area contributed by atoms with Gasteiger partial charge in [0.15, 0.2) is 0 Å². The third kappa shape index (κ3) is 3.26. The first-order valence-corrected chi connectivity index (χ1v) is 8.16. The first-order chi connectivity index (χ1) is 9.21. The van der Waals surface area contributed by atoms with Gasteiger partial charge in [-0.05, 0) is 26.2 Å². The molecule has 1 aromatic heterocycles. The second-order valence-corrected chi connectivity index (χ2v) is 5.88. The summed E-state index contributed by atoms with van der Waals surface area (Å²) in [5, 5.41) is 5.44. The van der Waals surface area contributed by atoms with Crippen molar-refractivity contribution in [3.05, 3.63) is 16.4 Å². The average Bonchev–Trinajstić information content (AvgIpc) is 2.64. The van der Waals surface area contributed by atoms with Gasteiger partial charge in [0, 0.05) is 31.6 Å². The van der Waals surface area contributed by atoms with Gasteiger partial charge in [-0.15, -0.1) is 11.6 Å². The van der Waals surface area contributed by atoms with Gasteiger partial charge >= 0.3 is 0 Å². The number of rotatable bonds is 7. The topological polar surface area (TPSA) is 21.1 Å². The van der Waals surface area contributed by atoms with Gasteiger partial charge in [-0.1, -0.05) is 24.9 Å². The van der Waals surface area contributed by atoms with Crippen LogP contribution in [0.3, 0.4) is 0 Å². The summed E-state index contributed by atoms with van der Waals surface area (Å²) >= 11 is 12.4. The van der Waals surface area contributed by atoms with Crippen molar-refractivity contribution >= 4 is 23.2 Å². The SMILES string of the molecule is CCc1nn(CC)c(CN(CCCl)C2CCC2)c1Cl. The zero-order valence-electron chi connectivity index (χ0n) is 11.8. The molecule has 0 amide bonds. The van der Waals surface area contributed by atoms with Crippen molar-refractivity contribution in [2.45, 2.75) is 58.7 Å². The summed E-state index contributed by atoms with van der Waals surface area (Å²) < 4.78 is 2.04. The maximum atomic E-state index is 6.48. The van der Waals surface area contributed by atoms with Crippen molar-refractivity contribution in [1.29, 1.82) is 0 Å². The normalized spacial score (nSPS) is 16.1. The molecule has 0 unspecified atom stereocenters. The molecule has 1 aromatic rings. The minimum Gasteiger partial charge on any atom is -0.293 e. The van der Waals surface area contributed by atoms with Gasteiger partial charge in [0.05, 0.1) is 16.4 Å². The van der Waals surface area contributed by atoms with Crippen LogP contribution in [-0.2, 0) is 19.5 Å². The number of hydrogen-bond acceptors (Lipinski definition) is 2. The second kappa shape index (κ2) is 6.96. The molecule has 1 saturated carbocycles. The van der Waals surface area contributed by atoms with E-state index in [-0.39, 0.29) is 0 Å². The van der Waals surface area contributed by atoms with Gasteiger partial charge in [0.25, 0.3) is 0 Å². The molecule has 0 aliphatic heterocycles. The Morgan fingerprint density at radius 3 is 2.58 bits per heavy atom. The lowest BCUT2D eigenvalue weighted by molar-refractivity contribution is 0.124. The highest BCUT2D eigenvalue weighted by molar-refractivity contribution is 6.31. The smallest absolute Gasteiger partial charge is 0.0863 e. The Hall–Kier alpha value is -0.250. The van der Waals surface area contributed by atoms with Gasteiger partial charge in [0.1, 0.15) is 0 Å². The lowest BCUT2D eigenvalue weighted by atomic mass is 9.91. The third-order valence-corrected chi connectivity index (χ3v) is 4.62. The molecule has 2 rings (SSSR count). The summed E-state index contributed by atoms with van der Waals surface area (Å²) in [5.74, 6) is 0.676. The van der Waals surface area contributed by atoms with Crippen molar-refractivity contribution in [3.8, 4) is 0 Å². The Morgan fingerprint density at radius 1 is 1.37 bits per heavy atom. The van der Waals surface area contributed by atoms with Crippen LogP contribution in [0.2, 0.25) is 5.02 Å². The Labute approximate surface area is 125 Å². The quantitative estimate of drug-likeness (QED) is 0.716. The number of nitrogens with zero attached hydrogens (tertiary/aromatic N) is 3. The minimum atomic E-state index is 0.676. The highest BCUT2D eigenvalue weighted by atomic mass is 35.5. The Morgan fingerprint density at radius 2 is 2.11 bits per heavy atom. The van der Waals surface area contributed by atoms with E-state index in [0.29, 0.717) is 11.9 Å². The van der Waals surface area contributed by atoms with Crippen LogP contribution in [0.4, 0.5) is 0 Å². The summed E-state index contributed by atoms with van der Waals surface area (Å²) in [6.45, 7) is 6.88. The summed E-state index contributed by atoms with van der Waals surface area (Å²) in [6, 6.07) is 0.681. The van der Waals surface area contributed by atoms with Gasteiger partial charge < -0.3 is 0 Å². The largest absolute Gasteiger partial charge is 0.293 e. The highest BCUT2D eigenvalue weighted by Crippen LogP contribution is 2.29. The Bertz CT molecular complexity index is 413. The molecule has 108 valence electrons. The van der Waals surface area contributed by atoms with Gasteiger partial charge in [-0.25, -0.2) is 0 Å². The molecule has 0 aromatic carbocycles. The van der Waals surface area contributed by atoms with E-state index in [1.807, 2.05) is 4.68 Å². The molecule has 1 fully saturated rings. The highest BCUT2D eigenvalue weighted by Gasteiger charge is 2.26. The zero-order valence-corrected chi connectivity index (χ0v) is 13.3. The Balaban J connectivity index is 2.17. The molecule has 0 atom stereocenters. The third-order valence-electron chi connectivity index (χ3n) is 4.01. The molecule has 1 heterocycles.